The molecule has 0 aromatic heterocycles. The first-order valence-electron chi connectivity index (χ1n) is 3.87. The Balaban J connectivity index is 3.68. The molecular formula is C9H5ClN2O3. The van der Waals surface area contributed by atoms with Crippen LogP contribution in [0.2, 0.25) is 0 Å². The highest BCUT2D eigenvalue weighted by atomic mass is 35.5. The van der Waals surface area contributed by atoms with Crippen molar-refractivity contribution < 1.29 is 9.72 Å². The summed E-state index contributed by atoms with van der Waals surface area (Å²) in [4.78, 5) is 20.9. The molecule has 0 atom stereocenters. The fourth-order valence-electron chi connectivity index (χ4n) is 1.22. The molecule has 1 rings (SSSR count). The number of hydrogen-bond acceptors (Lipinski definition) is 4. The van der Waals surface area contributed by atoms with Gasteiger partial charge in [0.05, 0.1) is 4.92 Å². The molecule has 6 heteroatoms. The van der Waals surface area contributed by atoms with Crippen LogP contribution in [0.3, 0.4) is 0 Å². The van der Waals surface area contributed by atoms with Crippen molar-refractivity contribution in [3.8, 4) is 6.07 Å². The molecule has 0 aliphatic rings. The topological polar surface area (TPSA) is 84.0 Å². The molecule has 0 spiro atoms. The van der Waals surface area contributed by atoms with Crippen LogP contribution in [0.25, 0.3) is 0 Å². The van der Waals surface area contributed by atoms with Crippen molar-refractivity contribution in [2.45, 2.75) is 6.92 Å². The molecule has 0 radical (unpaired) electrons. The summed E-state index contributed by atoms with van der Waals surface area (Å²) in [6.45, 7) is 1.52. The maximum atomic E-state index is 11.0. The van der Waals surface area contributed by atoms with E-state index in [1.54, 1.807) is 6.07 Å². The van der Waals surface area contributed by atoms with Gasteiger partial charge in [-0.05, 0) is 30.2 Å². The van der Waals surface area contributed by atoms with Crippen molar-refractivity contribution >= 4 is 22.5 Å². The second kappa shape index (κ2) is 4.07. The number of hydrogen-bond donors (Lipinski definition) is 0. The van der Waals surface area contributed by atoms with E-state index in [9.17, 15) is 14.9 Å². The maximum Gasteiger partial charge on any atom is 0.299 e. The summed E-state index contributed by atoms with van der Waals surface area (Å²) < 4.78 is 0. The lowest BCUT2D eigenvalue weighted by Crippen LogP contribution is -2.03. The summed E-state index contributed by atoms with van der Waals surface area (Å²) in [5, 5.41) is 18.4. The molecule has 0 saturated carbocycles. The smallest absolute Gasteiger partial charge is 0.275 e. The van der Waals surface area contributed by atoms with Gasteiger partial charge in [-0.1, -0.05) is 6.07 Å². The van der Waals surface area contributed by atoms with Gasteiger partial charge in [-0.15, -0.1) is 0 Å². The highest BCUT2D eigenvalue weighted by Gasteiger charge is 2.25. The first-order chi connectivity index (χ1) is 6.99. The van der Waals surface area contributed by atoms with Gasteiger partial charge in [-0.3, -0.25) is 14.9 Å². The van der Waals surface area contributed by atoms with Crippen molar-refractivity contribution in [1.82, 2.24) is 0 Å². The Kier molecular flexibility index (Phi) is 3.02. The zero-order valence-electron chi connectivity index (χ0n) is 7.65. The standard InChI is InChI=1S/C9H5ClN2O3/c1-5-2-3-6(4-11)8(12(14)15)7(5)9(10)13/h2-3H,1H3. The van der Waals surface area contributed by atoms with Crippen molar-refractivity contribution in [3.05, 3.63) is 38.9 Å². The molecule has 1 aromatic carbocycles. The number of rotatable bonds is 2. The van der Waals surface area contributed by atoms with Crippen LogP contribution in [0.1, 0.15) is 21.5 Å². The van der Waals surface area contributed by atoms with Crippen LogP contribution < -0.4 is 0 Å². The molecule has 5 nitrogen and oxygen atoms in total. The highest BCUT2D eigenvalue weighted by molar-refractivity contribution is 6.68. The molecule has 0 amide bonds. The van der Waals surface area contributed by atoms with Gasteiger partial charge >= 0.3 is 0 Å². The minimum atomic E-state index is -0.934. The van der Waals surface area contributed by atoms with Gasteiger partial charge in [0.2, 0.25) is 0 Å². The lowest BCUT2D eigenvalue weighted by atomic mass is 10.0. The number of halogens is 1. The van der Waals surface area contributed by atoms with Crippen LogP contribution in [0.4, 0.5) is 5.69 Å². The van der Waals surface area contributed by atoms with E-state index < -0.39 is 15.9 Å². The predicted molar refractivity (Wildman–Crippen MR) is 52.7 cm³/mol. The van der Waals surface area contributed by atoms with E-state index in [1.807, 2.05) is 0 Å². The summed E-state index contributed by atoms with van der Waals surface area (Å²) in [6.07, 6.45) is 0. The van der Waals surface area contributed by atoms with E-state index in [1.165, 1.54) is 19.1 Å². The lowest BCUT2D eigenvalue weighted by Gasteiger charge is -2.02. The van der Waals surface area contributed by atoms with Gasteiger partial charge in [0.15, 0.2) is 0 Å². The first kappa shape index (κ1) is 11.1. The van der Waals surface area contributed by atoms with Crippen LogP contribution >= 0.6 is 11.6 Å². The van der Waals surface area contributed by atoms with Gasteiger partial charge in [0.25, 0.3) is 10.9 Å². The molecule has 0 heterocycles. The fraction of sp³-hybridized carbons (Fsp3) is 0.111. The molecular weight excluding hydrogens is 220 g/mol. The first-order valence-corrected chi connectivity index (χ1v) is 4.24. The number of carbonyl (C=O) groups excluding carboxylic acids is 1. The second-order valence-electron chi connectivity index (χ2n) is 2.80. The Labute approximate surface area is 90.0 Å². The number of aryl methyl sites for hydroxylation is 1. The molecule has 76 valence electrons. The molecule has 0 aliphatic carbocycles. The quantitative estimate of drug-likeness (QED) is 0.438. The second-order valence-corrected chi connectivity index (χ2v) is 3.14. The van der Waals surface area contributed by atoms with E-state index in [0.29, 0.717) is 5.56 Å². The van der Waals surface area contributed by atoms with Crippen LogP contribution in [-0.2, 0) is 0 Å². The third-order valence-corrected chi connectivity index (χ3v) is 2.07. The Bertz CT molecular complexity index is 491. The van der Waals surface area contributed by atoms with Crippen LogP contribution in [0, 0.1) is 28.4 Å². The number of nitrogens with zero attached hydrogens (tertiary/aromatic N) is 2. The summed E-state index contributed by atoms with van der Waals surface area (Å²) >= 11 is 5.23. The highest BCUT2D eigenvalue weighted by Crippen LogP contribution is 2.27. The molecule has 0 unspecified atom stereocenters. The monoisotopic (exact) mass is 224 g/mol. The molecule has 1 aromatic rings. The zero-order chi connectivity index (χ0) is 11.6. The van der Waals surface area contributed by atoms with Crippen LogP contribution in [0.15, 0.2) is 12.1 Å². The third kappa shape index (κ3) is 1.95. The van der Waals surface area contributed by atoms with E-state index in [4.69, 9.17) is 16.9 Å². The van der Waals surface area contributed by atoms with E-state index in [2.05, 4.69) is 0 Å². The maximum absolute atomic E-state index is 11.0. The summed E-state index contributed by atoms with van der Waals surface area (Å²) in [6, 6.07) is 4.38. The average molecular weight is 225 g/mol. The van der Waals surface area contributed by atoms with Gasteiger partial charge in [0, 0.05) is 0 Å². The lowest BCUT2D eigenvalue weighted by molar-refractivity contribution is -0.385. The van der Waals surface area contributed by atoms with Crippen molar-refractivity contribution in [1.29, 1.82) is 5.26 Å². The molecule has 0 aliphatic heterocycles. The van der Waals surface area contributed by atoms with Crippen molar-refractivity contribution in [3.63, 3.8) is 0 Å². The van der Waals surface area contributed by atoms with Gasteiger partial charge < -0.3 is 0 Å². The number of nitriles is 1. The molecule has 0 bridgehead atoms. The fourth-order valence-corrected chi connectivity index (χ4v) is 1.46. The number of nitro benzene ring substituents is 1. The number of nitro groups is 1. The minimum Gasteiger partial charge on any atom is -0.275 e. The number of benzene rings is 1. The van der Waals surface area contributed by atoms with Crippen LogP contribution in [0.5, 0.6) is 0 Å². The van der Waals surface area contributed by atoms with Crippen molar-refractivity contribution in [2.75, 3.05) is 0 Å². The molecule has 0 saturated heterocycles. The Morgan fingerprint density at radius 1 is 1.60 bits per heavy atom. The van der Waals surface area contributed by atoms with E-state index >= 15 is 0 Å². The SMILES string of the molecule is Cc1ccc(C#N)c([N+](=O)[O-])c1C(=O)Cl. The Morgan fingerprint density at radius 2 is 2.20 bits per heavy atom. The largest absolute Gasteiger partial charge is 0.299 e. The molecule has 0 N–H and O–H groups in total. The third-order valence-electron chi connectivity index (χ3n) is 1.89. The molecule has 0 fully saturated rings. The minimum absolute atomic E-state index is 0.172. The molecule has 15 heavy (non-hydrogen) atoms. The predicted octanol–water partition coefficient (Wildman–Crippen LogP) is 2.15. The van der Waals surface area contributed by atoms with Crippen molar-refractivity contribution in [2.24, 2.45) is 0 Å². The van der Waals surface area contributed by atoms with Gasteiger partial charge in [0.1, 0.15) is 17.2 Å². The van der Waals surface area contributed by atoms with E-state index in [0.717, 1.165) is 0 Å². The Hall–Kier alpha value is -1.93. The number of carbonyl (C=O) groups is 1. The zero-order valence-corrected chi connectivity index (χ0v) is 8.41. The summed E-state index contributed by atoms with van der Waals surface area (Å²) in [5.41, 5.74) is -0.548. The van der Waals surface area contributed by atoms with Gasteiger partial charge in [-0.2, -0.15) is 5.26 Å². The normalized spacial score (nSPS) is 9.40. The van der Waals surface area contributed by atoms with Crippen LogP contribution in [-0.4, -0.2) is 10.2 Å². The van der Waals surface area contributed by atoms with E-state index in [-0.39, 0.29) is 11.1 Å². The van der Waals surface area contributed by atoms with Gasteiger partial charge in [-0.25, -0.2) is 0 Å². The summed E-state index contributed by atoms with van der Waals surface area (Å²) in [5.74, 6) is 0. The summed E-state index contributed by atoms with van der Waals surface area (Å²) in [7, 11) is 0. The average Bonchev–Trinajstić information content (AvgIpc) is 2.16. The Morgan fingerprint density at radius 3 is 2.60 bits per heavy atom.